The van der Waals surface area contributed by atoms with Crippen molar-refractivity contribution in [2.75, 3.05) is 13.2 Å². The Hall–Kier alpha value is -2.57. The first-order valence-corrected chi connectivity index (χ1v) is 8.41. The molecule has 0 spiro atoms. The summed E-state index contributed by atoms with van der Waals surface area (Å²) in [5, 5.41) is 14.4. The molecule has 7 nitrogen and oxygen atoms in total. The molecular weight excluding hydrogens is 324 g/mol. The Balaban J connectivity index is 1.92. The summed E-state index contributed by atoms with van der Waals surface area (Å²) in [5.41, 5.74) is 1.41. The molecule has 1 heterocycles. The predicted molar refractivity (Wildman–Crippen MR) is 91.2 cm³/mol. The number of amides is 2. The fraction of sp³-hybridized carbons (Fsp3) is 0.500. The van der Waals surface area contributed by atoms with E-state index in [-0.39, 0.29) is 12.5 Å². The van der Waals surface area contributed by atoms with Gasteiger partial charge in [0.05, 0.1) is 13.2 Å². The Bertz CT molecular complexity index is 657. The number of hydrogen-bond donors (Lipinski definition) is 3. The van der Waals surface area contributed by atoms with Crippen LogP contribution in [0.15, 0.2) is 18.2 Å². The van der Waals surface area contributed by atoms with E-state index in [0.717, 1.165) is 24.2 Å². The lowest BCUT2D eigenvalue weighted by Crippen LogP contribution is -2.41. The summed E-state index contributed by atoms with van der Waals surface area (Å²) in [4.78, 5) is 35.2. The molecular formula is C18H24N2O5. The lowest BCUT2D eigenvalue weighted by Gasteiger charge is -2.16. The Morgan fingerprint density at radius 1 is 1.24 bits per heavy atom. The number of rotatable bonds is 8. The van der Waals surface area contributed by atoms with Crippen LogP contribution in [-0.4, -0.2) is 36.0 Å². The quantitative estimate of drug-likeness (QED) is 0.659. The van der Waals surface area contributed by atoms with Gasteiger partial charge in [-0.2, -0.15) is 0 Å². The van der Waals surface area contributed by atoms with Crippen LogP contribution in [0.25, 0.3) is 0 Å². The highest BCUT2D eigenvalue weighted by Gasteiger charge is 2.24. The molecule has 2 rings (SSSR count). The summed E-state index contributed by atoms with van der Waals surface area (Å²) < 4.78 is 5.40. The highest BCUT2D eigenvalue weighted by Crippen LogP contribution is 2.28. The molecule has 1 aliphatic rings. The lowest BCUT2D eigenvalue weighted by molar-refractivity contribution is -0.141. The molecule has 1 aliphatic heterocycles. The van der Waals surface area contributed by atoms with Crippen LogP contribution in [0.3, 0.4) is 0 Å². The third-order valence-corrected chi connectivity index (χ3v) is 3.99. The van der Waals surface area contributed by atoms with Gasteiger partial charge < -0.3 is 20.5 Å². The molecule has 1 aromatic carbocycles. The van der Waals surface area contributed by atoms with E-state index in [4.69, 9.17) is 4.74 Å². The molecule has 0 aliphatic carbocycles. The minimum Gasteiger partial charge on any atom is -0.493 e. The summed E-state index contributed by atoms with van der Waals surface area (Å²) in [6.45, 7) is 4.36. The molecule has 1 unspecified atom stereocenters. The number of hydrogen-bond acceptors (Lipinski definition) is 4. The molecule has 1 atom stereocenters. The smallest absolute Gasteiger partial charge is 0.330 e. The van der Waals surface area contributed by atoms with Gasteiger partial charge in [-0.15, -0.1) is 0 Å². The van der Waals surface area contributed by atoms with Crippen molar-refractivity contribution in [3.05, 3.63) is 29.3 Å². The average Bonchev–Trinajstić information content (AvgIpc) is 3.03. The molecule has 0 radical (unpaired) electrons. The molecule has 0 fully saturated rings. The minimum atomic E-state index is -1.16. The van der Waals surface area contributed by atoms with E-state index in [1.807, 2.05) is 13.8 Å². The molecule has 0 saturated heterocycles. The number of benzene rings is 1. The van der Waals surface area contributed by atoms with Crippen molar-refractivity contribution in [2.24, 2.45) is 5.92 Å². The van der Waals surface area contributed by atoms with Crippen LogP contribution in [0.1, 0.15) is 43.9 Å². The first-order chi connectivity index (χ1) is 11.9. The molecule has 2 amide bonds. The first kappa shape index (κ1) is 18.8. The van der Waals surface area contributed by atoms with Crippen molar-refractivity contribution in [3.63, 3.8) is 0 Å². The van der Waals surface area contributed by atoms with Crippen molar-refractivity contribution >= 4 is 17.8 Å². The minimum absolute atomic E-state index is 0.217. The van der Waals surface area contributed by atoms with Gasteiger partial charge >= 0.3 is 5.97 Å². The topological polar surface area (TPSA) is 105 Å². The number of carbonyl (C=O) groups excluding carboxylic acids is 2. The van der Waals surface area contributed by atoms with Crippen molar-refractivity contribution in [2.45, 2.75) is 39.2 Å². The zero-order chi connectivity index (χ0) is 18.4. The monoisotopic (exact) mass is 348 g/mol. The summed E-state index contributed by atoms with van der Waals surface area (Å²) in [5.74, 6) is -0.762. The molecule has 0 bridgehead atoms. The van der Waals surface area contributed by atoms with E-state index in [0.29, 0.717) is 24.5 Å². The van der Waals surface area contributed by atoms with Gasteiger partial charge in [0.15, 0.2) is 6.04 Å². The summed E-state index contributed by atoms with van der Waals surface area (Å²) >= 11 is 0. The van der Waals surface area contributed by atoms with Crippen molar-refractivity contribution < 1.29 is 24.2 Å². The van der Waals surface area contributed by atoms with E-state index in [9.17, 15) is 19.5 Å². The molecule has 0 aromatic heterocycles. The van der Waals surface area contributed by atoms with E-state index >= 15 is 0 Å². The van der Waals surface area contributed by atoms with Crippen molar-refractivity contribution in [3.8, 4) is 5.75 Å². The van der Waals surface area contributed by atoms with Crippen LogP contribution < -0.4 is 15.4 Å². The van der Waals surface area contributed by atoms with Crippen LogP contribution in [0, 0.1) is 5.92 Å². The van der Waals surface area contributed by atoms with Crippen LogP contribution >= 0.6 is 0 Å². The zero-order valence-corrected chi connectivity index (χ0v) is 14.5. The summed E-state index contributed by atoms with van der Waals surface area (Å²) in [6.07, 6.45) is 1.80. The van der Waals surface area contributed by atoms with Gasteiger partial charge in [-0.05, 0) is 35.6 Å². The maximum absolute atomic E-state index is 12.0. The molecule has 25 heavy (non-hydrogen) atoms. The summed E-state index contributed by atoms with van der Waals surface area (Å²) in [6, 6.07) is 3.92. The largest absolute Gasteiger partial charge is 0.493 e. The number of carboxylic acids is 1. The van der Waals surface area contributed by atoms with Crippen LogP contribution in [-0.2, 0) is 20.8 Å². The van der Waals surface area contributed by atoms with Gasteiger partial charge in [0, 0.05) is 12.8 Å². The van der Waals surface area contributed by atoms with E-state index < -0.39 is 17.9 Å². The highest BCUT2D eigenvalue weighted by atomic mass is 16.5. The van der Waals surface area contributed by atoms with Crippen molar-refractivity contribution in [1.29, 1.82) is 0 Å². The number of aliphatic carboxylic acids is 1. The van der Waals surface area contributed by atoms with Gasteiger partial charge in [-0.1, -0.05) is 19.9 Å². The van der Waals surface area contributed by atoms with E-state index in [1.165, 1.54) is 0 Å². The Labute approximate surface area is 146 Å². The second kappa shape index (κ2) is 8.50. The number of carbonyl (C=O) groups is 3. The fourth-order valence-corrected chi connectivity index (χ4v) is 2.57. The van der Waals surface area contributed by atoms with Gasteiger partial charge in [-0.25, -0.2) is 4.79 Å². The number of nitrogens with one attached hydrogen (secondary N) is 2. The molecule has 7 heteroatoms. The Morgan fingerprint density at radius 3 is 2.68 bits per heavy atom. The van der Waals surface area contributed by atoms with Gasteiger partial charge in [0.2, 0.25) is 11.8 Å². The second-order valence-electron chi connectivity index (χ2n) is 6.51. The zero-order valence-electron chi connectivity index (χ0n) is 14.5. The van der Waals surface area contributed by atoms with Gasteiger partial charge in [0.1, 0.15) is 5.75 Å². The van der Waals surface area contributed by atoms with Gasteiger partial charge in [-0.3, -0.25) is 9.59 Å². The number of ether oxygens (including phenoxy) is 1. The SMILES string of the molecule is CC(C)CCC(=O)NCC(=O)NC(C(=O)O)c1ccc2c(c1)CCO2. The van der Waals surface area contributed by atoms with E-state index in [1.54, 1.807) is 18.2 Å². The standard InChI is InChI=1S/C18H24N2O5/c1-11(2)3-6-15(21)19-10-16(22)20-17(18(23)24)13-4-5-14-12(9-13)7-8-25-14/h4-5,9,11,17H,3,6-8,10H2,1-2H3,(H,19,21)(H,20,22)(H,23,24). The average molecular weight is 348 g/mol. The third kappa shape index (κ3) is 5.48. The molecule has 3 N–H and O–H groups in total. The maximum Gasteiger partial charge on any atom is 0.330 e. The van der Waals surface area contributed by atoms with Crippen LogP contribution in [0.5, 0.6) is 5.75 Å². The Morgan fingerprint density at radius 2 is 2.00 bits per heavy atom. The molecule has 1 aromatic rings. The summed E-state index contributed by atoms with van der Waals surface area (Å²) in [7, 11) is 0. The van der Waals surface area contributed by atoms with Gasteiger partial charge in [0.25, 0.3) is 0 Å². The van der Waals surface area contributed by atoms with Crippen LogP contribution in [0.4, 0.5) is 0 Å². The highest BCUT2D eigenvalue weighted by molar-refractivity contribution is 5.88. The normalized spacial score (nSPS) is 13.7. The lowest BCUT2D eigenvalue weighted by atomic mass is 10.0. The number of fused-ring (bicyclic) bond motifs is 1. The van der Waals surface area contributed by atoms with Crippen LogP contribution in [0.2, 0.25) is 0 Å². The Kier molecular flexibility index (Phi) is 6.38. The molecule has 0 saturated carbocycles. The van der Waals surface area contributed by atoms with E-state index in [2.05, 4.69) is 10.6 Å². The first-order valence-electron chi connectivity index (χ1n) is 8.41. The fourth-order valence-electron chi connectivity index (χ4n) is 2.57. The third-order valence-electron chi connectivity index (χ3n) is 3.99. The molecule has 136 valence electrons. The maximum atomic E-state index is 12.0. The predicted octanol–water partition coefficient (Wildman–Crippen LogP) is 1.42. The number of carboxylic acid groups (broad SMARTS) is 1. The second-order valence-corrected chi connectivity index (χ2v) is 6.51. The van der Waals surface area contributed by atoms with Crippen molar-refractivity contribution in [1.82, 2.24) is 10.6 Å².